The van der Waals surface area contributed by atoms with Crippen LogP contribution in [0.25, 0.3) is 6.08 Å². The monoisotopic (exact) mass is 283 g/mol. The van der Waals surface area contributed by atoms with Gasteiger partial charge >= 0.3 is 12.1 Å². The average Bonchev–Trinajstić information content (AvgIpc) is 2.78. The molecule has 19 heavy (non-hydrogen) atoms. The van der Waals surface area contributed by atoms with Gasteiger partial charge in [0.2, 0.25) is 0 Å². The fourth-order valence-electron chi connectivity index (χ4n) is 1.25. The summed E-state index contributed by atoms with van der Waals surface area (Å²) < 4.78 is 4.98. The minimum Gasteiger partial charge on any atom is -0.478 e. The summed E-state index contributed by atoms with van der Waals surface area (Å²) in [4.78, 5) is 22.7. The lowest BCUT2D eigenvalue weighted by molar-refractivity contribution is -0.131. The normalized spacial score (nSPS) is 10.9. The van der Waals surface area contributed by atoms with E-state index < -0.39 is 12.1 Å². The molecule has 0 atom stereocenters. The van der Waals surface area contributed by atoms with Gasteiger partial charge in [-0.3, -0.25) is 0 Å². The zero-order valence-electron chi connectivity index (χ0n) is 10.9. The molecule has 0 aliphatic rings. The molecule has 1 rings (SSSR count). The highest BCUT2D eigenvalue weighted by Gasteiger charge is 2.06. The number of aliphatic carboxylic acids is 1. The number of hydrogen-bond donors (Lipinski definition) is 2. The Morgan fingerprint density at radius 3 is 2.89 bits per heavy atom. The molecule has 0 fully saturated rings. The van der Waals surface area contributed by atoms with E-state index in [1.807, 2.05) is 19.2 Å². The first-order chi connectivity index (χ1) is 8.99. The summed E-state index contributed by atoms with van der Waals surface area (Å²) in [6, 6.07) is 1.81. The Morgan fingerprint density at radius 2 is 2.26 bits per heavy atom. The van der Waals surface area contributed by atoms with Gasteiger partial charge in [0.25, 0.3) is 0 Å². The topological polar surface area (TPSA) is 75.6 Å². The molecule has 1 aromatic rings. The molecular formula is C13H17NO4S. The first-order valence-electron chi connectivity index (χ1n) is 5.87. The van der Waals surface area contributed by atoms with Crippen molar-refractivity contribution in [3.05, 3.63) is 28.0 Å². The van der Waals surface area contributed by atoms with Gasteiger partial charge in [0.15, 0.2) is 0 Å². The van der Waals surface area contributed by atoms with Crippen LogP contribution in [0, 0.1) is 5.92 Å². The van der Waals surface area contributed by atoms with Gasteiger partial charge in [0.1, 0.15) is 0 Å². The Labute approximate surface area is 115 Å². The van der Waals surface area contributed by atoms with Crippen LogP contribution in [0.2, 0.25) is 0 Å². The van der Waals surface area contributed by atoms with Crippen molar-refractivity contribution in [1.82, 2.24) is 5.32 Å². The number of rotatable bonds is 6. The number of amides is 1. The van der Waals surface area contributed by atoms with E-state index in [0.29, 0.717) is 19.1 Å². The Bertz CT molecular complexity index is 465. The van der Waals surface area contributed by atoms with Crippen LogP contribution >= 0.6 is 11.3 Å². The number of nitrogens with one attached hydrogen (secondary N) is 1. The second kappa shape index (κ2) is 7.58. The SMILES string of the molecule is CC(C)COC(=O)NCc1sccc1C=CC(=O)O. The van der Waals surface area contributed by atoms with Gasteiger partial charge in [-0.1, -0.05) is 13.8 Å². The summed E-state index contributed by atoms with van der Waals surface area (Å²) in [7, 11) is 0. The van der Waals surface area contributed by atoms with E-state index >= 15 is 0 Å². The maximum absolute atomic E-state index is 11.4. The second-order valence-electron chi connectivity index (χ2n) is 4.32. The molecule has 5 nitrogen and oxygen atoms in total. The zero-order chi connectivity index (χ0) is 14.3. The zero-order valence-corrected chi connectivity index (χ0v) is 11.7. The highest BCUT2D eigenvalue weighted by molar-refractivity contribution is 7.10. The predicted molar refractivity (Wildman–Crippen MR) is 74.0 cm³/mol. The van der Waals surface area contributed by atoms with Crippen LogP contribution in [0.4, 0.5) is 4.79 Å². The lowest BCUT2D eigenvalue weighted by Gasteiger charge is -2.08. The minimum atomic E-state index is -0.999. The highest BCUT2D eigenvalue weighted by Crippen LogP contribution is 2.18. The van der Waals surface area contributed by atoms with Crippen LogP contribution in [0.5, 0.6) is 0 Å². The Kier molecular flexibility index (Phi) is 6.08. The smallest absolute Gasteiger partial charge is 0.407 e. The van der Waals surface area contributed by atoms with Crippen LogP contribution in [0.3, 0.4) is 0 Å². The average molecular weight is 283 g/mol. The number of carboxylic acids is 1. The first-order valence-corrected chi connectivity index (χ1v) is 6.75. The van der Waals surface area contributed by atoms with Gasteiger partial charge in [-0.05, 0) is 29.0 Å². The third-order valence-corrected chi connectivity index (χ3v) is 3.06. The highest BCUT2D eigenvalue weighted by atomic mass is 32.1. The van der Waals surface area contributed by atoms with E-state index in [0.717, 1.165) is 16.5 Å². The molecule has 1 heterocycles. The van der Waals surface area contributed by atoms with Crippen LogP contribution < -0.4 is 5.32 Å². The fraction of sp³-hybridized carbons (Fsp3) is 0.385. The van der Waals surface area contributed by atoms with E-state index in [1.165, 1.54) is 17.4 Å². The Morgan fingerprint density at radius 1 is 1.53 bits per heavy atom. The molecule has 1 amide bonds. The molecule has 0 radical (unpaired) electrons. The van der Waals surface area contributed by atoms with Crippen molar-refractivity contribution >= 4 is 29.5 Å². The minimum absolute atomic E-state index is 0.293. The third kappa shape index (κ3) is 6.05. The summed E-state index contributed by atoms with van der Waals surface area (Å²) in [5.74, 6) is -0.706. The van der Waals surface area contributed by atoms with Crippen molar-refractivity contribution in [3.63, 3.8) is 0 Å². The van der Waals surface area contributed by atoms with Crippen molar-refractivity contribution in [2.24, 2.45) is 5.92 Å². The molecular weight excluding hydrogens is 266 g/mol. The molecule has 0 unspecified atom stereocenters. The second-order valence-corrected chi connectivity index (χ2v) is 5.32. The van der Waals surface area contributed by atoms with E-state index in [1.54, 1.807) is 6.07 Å². The van der Waals surface area contributed by atoms with Crippen LogP contribution in [-0.4, -0.2) is 23.8 Å². The van der Waals surface area contributed by atoms with E-state index in [4.69, 9.17) is 9.84 Å². The van der Waals surface area contributed by atoms with E-state index in [2.05, 4.69) is 5.32 Å². The first kappa shape index (κ1) is 15.2. The summed E-state index contributed by atoms with van der Waals surface area (Å²) in [5, 5.41) is 13.1. The van der Waals surface area contributed by atoms with Gasteiger partial charge in [-0.15, -0.1) is 11.3 Å². The molecule has 6 heteroatoms. The number of hydrogen-bond acceptors (Lipinski definition) is 4. The van der Waals surface area contributed by atoms with Crippen molar-refractivity contribution in [1.29, 1.82) is 0 Å². The number of carbonyl (C=O) groups excluding carboxylic acids is 1. The molecule has 0 saturated heterocycles. The molecule has 0 saturated carbocycles. The molecule has 0 bridgehead atoms. The van der Waals surface area contributed by atoms with E-state index in [9.17, 15) is 9.59 Å². The van der Waals surface area contributed by atoms with Gasteiger partial charge < -0.3 is 15.2 Å². The van der Waals surface area contributed by atoms with Crippen molar-refractivity contribution in [2.45, 2.75) is 20.4 Å². The maximum atomic E-state index is 11.4. The standard InChI is InChI=1S/C13H17NO4S/c1-9(2)8-18-13(17)14-7-11-10(5-6-19-11)3-4-12(15)16/h3-6,9H,7-8H2,1-2H3,(H,14,17)(H,15,16). The lowest BCUT2D eigenvalue weighted by Crippen LogP contribution is -2.25. The molecule has 1 aromatic heterocycles. The molecule has 2 N–H and O–H groups in total. The lowest BCUT2D eigenvalue weighted by atomic mass is 10.2. The summed E-state index contributed by atoms with van der Waals surface area (Å²) in [6.07, 6.45) is 2.12. The fourth-order valence-corrected chi connectivity index (χ4v) is 2.06. The summed E-state index contributed by atoms with van der Waals surface area (Å²) in [6.45, 7) is 4.62. The molecule has 0 spiro atoms. The molecule has 0 aliphatic carbocycles. The summed E-state index contributed by atoms with van der Waals surface area (Å²) in [5.41, 5.74) is 0.788. The van der Waals surface area contributed by atoms with Crippen LogP contribution in [0.1, 0.15) is 24.3 Å². The van der Waals surface area contributed by atoms with Crippen molar-refractivity contribution in [2.75, 3.05) is 6.61 Å². The number of carboxylic acid groups (broad SMARTS) is 1. The predicted octanol–water partition coefficient (Wildman–Crippen LogP) is 2.73. The Balaban J connectivity index is 2.47. The van der Waals surface area contributed by atoms with Crippen molar-refractivity contribution < 1.29 is 19.4 Å². The van der Waals surface area contributed by atoms with Crippen molar-refractivity contribution in [3.8, 4) is 0 Å². The van der Waals surface area contributed by atoms with Gasteiger partial charge in [0.05, 0.1) is 13.2 Å². The molecule has 0 aliphatic heterocycles. The number of carbonyl (C=O) groups is 2. The third-order valence-electron chi connectivity index (χ3n) is 2.13. The summed E-state index contributed by atoms with van der Waals surface area (Å²) >= 11 is 1.45. The number of ether oxygens (including phenoxy) is 1. The van der Waals surface area contributed by atoms with Gasteiger partial charge in [-0.2, -0.15) is 0 Å². The number of alkyl carbamates (subject to hydrolysis) is 1. The molecule has 104 valence electrons. The van der Waals surface area contributed by atoms with Crippen LogP contribution in [0.15, 0.2) is 17.5 Å². The quantitative estimate of drug-likeness (QED) is 0.787. The van der Waals surface area contributed by atoms with Gasteiger partial charge in [-0.25, -0.2) is 9.59 Å². The van der Waals surface area contributed by atoms with Crippen LogP contribution in [-0.2, 0) is 16.1 Å². The van der Waals surface area contributed by atoms with Gasteiger partial charge in [0, 0.05) is 11.0 Å². The number of thiophene rings is 1. The maximum Gasteiger partial charge on any atom is 0.407 e. The Hall–Kier alpha value is -1.82. The molecule has 0 aromatic carbocycles. The van der Waals surface area contributed by atoms with E-state index in [-0.39, 0.29) is 0 Å². The largest absolute Gasteiger partial charge is 0.478 e.